The van der Waals surface area contributed by atoms with Crippen molar-refractivity contribution >= 4 is 5.91 Å². The quantitative estimate of drug-likeness (QED) is 0.892. The van der Waals surface area contributed by atoms with Crippen molar-refractivity contribution in [1.82, 2.24) is 9.88 Å². The number of nitrogens with one attached hydrogen (secondary N) is 1. The molecule has 1 aliphatic rings. The summed E-state index contributed by atoms with van der Waals surface area (Å²) < 4.78 is 1.83. The van der Waals surface area contributed by atoms with Gasteiger partial charge in [-0.3, -0.25) is 9.36 Å². The summed E-state index contributed by atoms with van der Waals surface area (Å²) in [5.41, 5.74) is 4.73. The first-order valence-corrected chi connectivity index (χ1v) is 6.72. The fourth-order valence-corrected chi connectivity index (χ4v) is 2.58. The Morgan fingerprint density at radius 3 is 2.84 bits per heavy atom. The Labute approximate surface area is 113 Å². The molecule has 1 aromatic heterocycles. The SMILES string of the molecule is Cc1ccc(CC(=O)n2ccc3c2CCNC3)cc1. The molecular formula is C16H18N2O. The molecule has 0 atom stereocenters. The first-order chi connectivity index (χ1) is 9.24. The molecule has 0 bridgehead atoms. The van der Waals surface area contributed by atoms with Crippen LogP contribution in [0.15, 0.2) is 36.5 Å². The lowest BCUT2D eigenvalue weighted by atomic mass is 10.1. The average molecular weight is 254 g/mol. The zero-order valence-electron chi connectivity index (χ0n) is 11.1. The van der Waals surface area contributed by atoms with Gasteiger partial charge in [0.25, 0.3) is 0 Å². The second kappa shape index (κ2) is 5.02. The number of carbonyl (C=O) groups excluding carboxylic acids is 1. The molecule has 0 saturated heterocycles. The third kappa shape index (κ3) is 2.47. The zero-order chi connectivity index (χ0) is 13.2. The van der Waals surface area contributed by atoms with E-state index in [2.05, 4.69) is 30.4 Å². The fourth-order valence-electron chi connectivity index (χ4n) is 2.58. The van der Waals surface area contributed by atoms with Gasteiger partial charge >= 0.3 is 0 Å². The number of hydrogen-bond acceptors (Lipinski definition) is 2. The normalized spacial score (nSPS) is 14.2. The summed E-state index contributed by atoms with van der Waals surface area (Å²) in [5.74, 6) is 0.159. The molecule has 3 nitrogen and oxygen atoms in total. The number of nitrogens with zero attached hydrogens (tertiary/aromatic N) is 1. The van der Waals surface area contributed by atoms with Gasteiger partial charge in [-0.1, -0.05) is 29.8 Å². The van der Waals surface area contributed by atoms with E-state index >= 15 is 0 Å². The molecular weight excluding hydrogens is 236 g/mol. The van der Waals surface area contributed by atoms with E-state index in [0.29, 0.717) is 6.42 Å². The molecule has 3 rings (SSSR count). The number of hydrogen-bond donors (Lipinski definition) is 1. The van der Waals surface area contributed by atoms with E-state index in [9.17, 15) is 4.79 Å². The maximum Gasteiger partial charge on any atom is 0.235 e. The first kappa shape index (κ1) is 12.2. The number of fused-ring (bicyclic) bond motifs is 1. The van der Waals surface area contributed by atoms with Gasteiger partial charge in [0.1, 0.15) is 0 Å². The van der Waals surface area contributed by atoms with E-state index in [4.69, 9.17) is 0 Å². The Morgan fingerprint density at radius 1 is 1.26 bits per heavy atom. The number of rotatable bonds is 2. The number of aromatic nitrogens is 1. The highest BCUT2D eigenvalue weighted by molar-refractivity contribution is 5.82. The molecule has 0 fully saturated rings. The van der Waals surface area contributed by atoms with Crippen molar-refractivity contribution in [1.29, 1.82) is 0 Å². The van der Waals surface area contributed by atoms with Crippen molar-refractivity contribution in [2.45, 2.75) is 26.3 Å². The van der Waals surface area contributed by atoms with Gasteiger partial charge < -0.3 is 5.32 Å². The summed E-state index contributed by atoms with van der Waals surface area (Å²) in [6.07, 6.45) is 3.31. The minimum Gasteiger partial charge on any atom is -0.312 e. The van der Waals surface area contributed by atoms with Crippen molar-refractivity contribution in [3.63, 3.8) is 0 Å². The lowest BCUT2D eigenvalue weighted by molar-refractivity contribution is 0.0911. The zero-order valence-corrected chi connectivity index (χ0v) is 11.1. The molecule has 1 N–H and O–H groups in total. The second-order valence-electron chi connectivity index (χ2n) is 5.14. The lowest BCUT2D eigenvalue weighted by Gasteiger charge is -2.16. The summed E-state index contributed by atoms with van der Waals surface area (Å²) in [4.78, 5) is 12.4. The molecule has 2 aromatic rings. The minimum atomic E-state index is 0.159. The van der Waals surface area contributed by atoms with Crippen LogP contribution in [-0.4, -0.2) is 17.0 Å². The fraction of sp³-hybridized carbons (Fsp3) is 0.312. The average Bonchev–Trinajstić information content (AvgIpc) is 2.85. The van der Waals surface area contributed by atoms with Crippen molar-refractivity contribution in [3.05, 3.63) is 58.9 Å². The van der Waals surface area contributed by atoms with Gasteiger partial charge in [0.2, 0.25) is 5.91 Å². The third-order valence-electron chi connectivity index (χ3n) is 3.68. The van der Waals surface area contributed by atoms with Gasteiger partial charge in [0.15, 0.2) is 0 Å². The Kier molecular flexibility index (Phi) is 3.22. The molecule has 0 radical (unpaired) electrons. The van der Waals surface area contributed by atoms with E-state index in [0.717, 1.165) is 25.1 Å². The van der Waals surface area contributed by atoms with Gasteiger partial charge in [-0.05, 0) is 24.1 Å². The number of aryl methyl sites for hydroxylation is 1. The molecule has 0 amide bonds. The molecule has 98 valence electrons. The van der Waals surface area contributed by atoms with Crippen LogP contribution in [-0.2, 0) is 19.4 Å². The van der Waals surface area contributed by atoms with E-state index in [-0.39, 0.29) is 5.91 Å². The summed E-state index contributed by atoms with van der Waals surface area (Å²) >= 11 is 0. The highest BCUT2D eigenvalue weighted by atomic mass is 16.2. The highest BCUT2D eigenvalue weighted by Crippen LogP contribution is 2.16. The van der Waals surface area contributed by atoms with Gasteiger partial charge in [0, 0.05) is 31.4 Å². The van der Waals surface area contributed by atoms with E-state index < -0.39 is 0 Å². The van der Waals surface area contributed by atoms with Crippen molar-refractivity contribution in [2.24, 2.45) is 0 Å². The van der Waals surface area contributed by atoms with E-state index in [1.54, 1.807) is 0 Å². The third-order valence-corrected chi connectivity index (χ3v) is 3.68. The number of benzene rings is 1. The molecule has 0 aliphatic carbocycles. The number of carbonyl (C=O) groups is 1. The summed E-state index contributed by atoms with van der Waals surface area (Å²) in [7, 11) is 0. The first-order valence-electron chi connectivity index (χ1n) is 6.72. The highest BCUT2D eigenvalue weighted by Gasteiger charge is 2.17. The Bertz CT molecular complexity index is 596. The van der Waals surface area contributed by atoms with Crippen LogP contribution in [0.5, 0.6) is 0 Å². The van der Waals surface area contributed by atoms with Crippen molar-refractivity contribution in [3.8, 4) is 0 Å². The largest absolute Gasteiger partial charge is 0.312 e. The summed E-state index contributed by atoms with van der Waals surface area (Å²) in [6, 6.07) is 10.2. The lowest BCUT2D eigenvalue weighted by Crippen LogP contribution is -2.26. The molecule has 0 saturated carbocycles. The van der Waals surface area contributed by atoms with Gasteiger partial charge in [-0.25, -0.2) is 0 Å². The predicted octanol–water partition coefficient (Wildman–Crippen LogP) is 2.33. The summed E-state index contributed by atoms with van der Waals surface area (Å²) in [5, 5.41) is 3.32. The van der Waals surface area contributed by atoms with Crippen LogP contribution >= 0.6 is 0 Å². The smallest absolute Gasteiger partial charge is 0.235 e. The van der Waals surface area contributed by atoms with E-state index in [1.807, 2.05) is 22.9 Å². The standard InChI is InChI=1S/C16H18N2O/c1-12-2-4-13(5-3-12)10-16(19)18-9-7-14-11-17-8-6-15(14)18/h2-5,7,9,17H,6,8,10-11H2,1H3. The van der Waals surface area contributed by atoms with Crippen LogP contribution in [0, 0.1) is 6.92 Å². The van der Waals surface area contributed by atoms with Crippen LogP contribution in [0.4, 0.5) is 0 Å². The van der Waals surface area contributed by atoms with Crippen LogP contribution < -0.4 is 5.32 Å². The molecule has 3 heteroatoms. The molecule has 1 aliphatic heterocycles. The Morgan fingerprint density at radius 2 is 2.05 bits per heavy atom. The van der Waals surface area contributed by atoms with Gasteiger partial charge in [-0.15, -0.1) is 0 Å². The van der Waals surface area contributed by atoms with E-state index in [1.165, 1.54) is 16.8 Å². The van der Waals surface area contributed by atoms with Gasteiger partial charge in [-0.2, -0.15) is 0 Å². The Hall–Kier alpha value is -1.87. The van der Waals surface area contributed by atoms with Crippen LogP contribution in [0.3, 0.4) is 0 Å². The maximum absolute atomic E-state index is 12.4. The monoisotopic (exact) mass is 254 g/mol. The van der Waals surface area contributed by atoms with Crippen LogP contribution in [0.1, 0.15) is 27.2 Å². The topological polar surface area (TPSA) is 34.0 Å². The molecule has 2 heterocycles. The maximum atomic E-state index is 12.4. The van der Waals surface area contributed by atoms with Crippen LogP contribution in [0.25, 0.3) is 0 Å². The second-order valence-corrected chi connectivity index (χ2v) is 5.14. The van der Waals surface area contributed by atoms with Crippen LogP contribution in [0.2, 0.25) is 0 Å². The van der Waals surface area contributed by atoms with Crippen molar-refractivity contribution in [2.75, 3.05) is 6.54 Å². The predicted molar refractivity (Wildman–Crippen MR) is 75.4 cm³/mol. The Balaban J connectivity index is 1.80. The summed E-state index contributed by atoms with van der Waals surface area (Å²) in [6.45, 7) is 3.88. The molecule has 1 aromatic carbocycles. The molecule has 0 unspecified atom stereocenters. The molecule has 19 heavy (non-hydrogen) atoms. The van der Waals surface area contributed by atoms with Crippen molar-refractivity contribution < 1.29 is 4.79 Å². The van der Waals surface area contributed by atoms with Gasteiger partial charge in [0.05, 0.1) is 6.42 Å². The minimum absolute atomic E-state index is 0.159. The molecule has 0 spiro atoms.